The van der Waals surface area contributed by atoms with Gasteiger partial charge in [-0.05, 0) is 33.9 Å². The van der Waals surface area contributed by atoms with Gasteiger partial charge in [0, 0.05) is 44.2 Å². The summed E-state index contributed by atoms with van der Waals surface area (Å²) < 4.78 is 6.99. The highest BCUT2D eigenvalue weighted by Crippen LogP contribution is 2.14. The van der Waals surface area contributed by atoms with Gasteiger partial charge in [0.15, 0.2) is 5.65 Å². The second-order valence-corrected chi connectivity index (χ2v) is 6.80. The second kappa shape index (κ2) is 7.37. The standard InChI is InChI=1S/C17H25N5O3/c1-12-9-15-18-10-14(17(24)22(15)19-12)16(23)21(7-6-20(2)3)11-13-5-4-8-25-13/h9-10,13,19H,4-8,11H2,1-3H3/t13-/m0/s1. The zero-order valence-corrected chi connectivity index (χ0v) is 15.0. The fourth-order valence-electron chi connectivity index (χ4n) is 3.03. The summed E-state index contributed by atoms with van der Waals surface area (Å²) in [7, 11) is 3.91. The van der Waals surface area contributed by atoms with E-state index in [9.17, 15) is 9.59 Å². The highest BCUT2D eigenvalue weighted by Gasteiger charge is 2.25. The van der Waals surface area contributed by atoms with Crippen LogP contribution >= 0.6 is 0 Å². The number of H-pyrrole nitrogens is 1. The van der Waals surface area contributed by atoms with Crippen molar-refractivity contribution in [1.82, 2.24) is 24.4 Å². The number of rotatable bonds is 6. The molecule has 3 rings (SSSR count). The molecule has 1 fully saturated rings. The molecule has 0 bridgehead atoms. The average molecular weight is 347 g/mol. The van der Waals surface area contributed by atoms with Crippen molar-refractivity contribution in [1.29, 1.82) is 0 Å². The maximum absolute atomic E-state index is 13.0. The van der Waals surface area contributed by atoms with Crippen LogP contribution in [0.25, 0.3) is 5.65 Å². The summed E-state index contributed by atoms with van der Waals surface area (Å²) in [4.78, 5) is 33.6. The van der Waals surface area contributed by atoms with Crippen LogP contribution in [0.2, 0.25) is 0 Å². The van der Waals surface area contributed by atoms with Gasteiger partial charge in [0.05, 0.1) is 6.10 Å². The fraction of sp³-hybridized carbons (Fsp3) is 0.588. The molecule has 2 aromatic heterocycles. The van der Waals surface area contributed by atoms with Crippen LogP contribution in [0, 0.1) is 6.92 Å². The van der Waals surface area contributed by atoms with Crippen molar-refractivity contribution in [2.75, 3.05) is 40.3 Å². The number of aromatic nitrogens is 3. The van der Waals surface area contributed by atoms with Gasteiger partial charge in [-0.1, -0.05) is 0 Å². The molecular weight excluding hydrogens is 322 g/mol. The normalized spacial score (nSPS) is 17.5. The number of fused-ring (bicyclic) bond motifs is 1. The third kappa shape index (κ3) is 3.91. The number of hydrogen-bond acceptors (Lipinski definition) is 5. The Hall–Kier alpha value is -2.19. The number of nitrogens with zero attached hydrogens (tertiary/aromatic N) is 4. The number of aryl methyl sites for hydroxylation is 1. The number of ether oxygens (including phenoxy) is 1. The molecule has 1 aliphatic heterocycles. The smallest absolute Gasteiger partial charge is 0.285 e. The predicted octanol–water partition coefficient (Wildman–Crippen LogP) is 0.514. The van der Waals surface area contributed by atoms with Crippen molar-refractivity contribution >= 4 is 11.6 Å². The minimum atomic E-state index is -0.370. The predicted molar refractivity (Wildman–Crippen MR) is 94.0 cm³/mol. The molecule has 0 aromatic carbocycles. The van der Waals surface area contributed by atoms with Gasteiger partial charge in [-0.25, -0.2) is 9.50 Å². The molecule has 0 radical (unpaired) electrons. The molecule has 0 saturated carbocycles. The van der Waals surface area contributed by atoms with Crippen LogP contribution < -0.4 is 5.56 Å². The van der Waals surface area contributed by atoms with E-state index in [2.05, 4.69) is 10.1 Å². The van der Waals surface area contributed by atoms with Crippen LogP contribution in [0.3, 0.4) is 0 Å². The average Bonchev–Trinajstić information content (AvgIpc) is 3.20. The van der Waals surface area contributed by atoms with E-state index in [4.69, 9.17) is 4.74 Å². The van der Waals surface area contributed by atoms with E-state index in [0.717, 1.165) is 31.7 Å². The van der Waals surface area contributed by atoms with E-state index in [1.807, 2.05) is 25.9 Å². The monoisotopic (exact) mass is 347 g/mol. The van der Waals surface area contributed by atoms with E-state index in [1.54, 1.807) is 11.0 Å². The molecule has 1 atom stereocenters. The van der Waals surface area contributed by atoms with E-state index < -0.39 is 0 Å². The maximum atomic E-state index is 13.0. The Kier molecular flexibility index (Phi) is 5.19. The molecule has 2 aromatic rings. The summed E-state index contributed by atoms with van der Waals surface area (Å²) in [5.41, 5.74) is 1.04. The van der Waals surface area contributed by atoms with Crippen molar-refractivity contribution in [3.05, 3.63) is 33.9 Å². The van der Waals surface area contributed by atoms with Crippen molar-refractivity contribution in [3.63, 3.8) is 0 Å². The molecule has 25 heavy (non-hydrogen) atoms. The van der Waals surface area contributed by atoms with Crippen molar-refractivity contribution in [2.24, 2.45) is 0 Å². The Labute approximate surface area is 146 Å². The van der Waals surface area contributed by atoms with Gasteiger partial charge in [0.1, 0.15) is 5.56 Å². The van der Waals surface area contributed by atoms with E-state index in [0.29, 0.717) is 18.7 Å². The quantitative estimate of drug-likeness (QED) is 0.823. The van der Waals surface area contributed by atoms with Gasteiger partial charge in [-0.3, -0.25) is 14.7 Å². The molecule has 8 nitrogen and oxygen atoms in total. The van der Waals surface area contributed by atoms with Crippen molar-refractivity contribution in [2.45, 2.75) is 25.9 Å². The van der Waals surface area contributed by atoms with Gasteiger partial charge >= 0.3 is 0 Å². The van der Waals surface area contributed by atoms with Crippen LogP contribution in [-0.2, 0) is 4.74 Å². The fourth-order valence-corrected chi connectivity index (χ4v) is 3.03. The third-order valence-electron chi connectivity index (χ3n) is 4.41. The molecule has 8 heteroatoms. The summed E-state index contributed by atoms with van der Waals surface area (Å²) in [5.74, 6) is -0.295. The molecule has 0 unspecified atom stereocenters. The first kappa shape index (κ1) is 17.6. The van der Waals surface area contributed by atoms with Gasteiger partial charge in [0.2, 0.25) is 0 Å². The highest BCUT2D eigenvalue weighted by atomic mass is 16.5. The molecule has 1 amide bonds. The van der Waals surface area contributed by atoms with Crippen molar-refractivity contribution in [3.8, 4) is 0 Å². The molecule has 1 saturated heterocycles. The lowest BCUT2D eigenvalue weighted by molar-refractivity contribution is 0.0510. The number of nitrogens with one attached hydrogen (secondary N) is 1. The summed E-state index contributed by atoms with van der Waals surface area (Å²) in [6.45, 7) is 4.34. The van der Waals surface area contributed by atoms with E-state index in [1.165, 1.54) is 10.7 Å². The number of aromatic amines is 1. The van der Waals surface area contributed by atoms with Crippen LogP contribution in [0.1, 0.15) is 28.9 Å². The Morgan fingerprint density at radius 3 is 2.92 bits per heavy atom. The number of likely N-dealkylation sites (N-methyl/N-ethyl adjacent to an activating group) is 1. The lowest BCUT2D eigenvalue weighted by atomic mass is 10.2. The number of carbonyl (C=O) groups excluding carboxylic acids is 1. The maximum Gasteiger partial charge on any atom is 0.285 e. The van der Waals surface area contributed by atoms with Crippen molar-refractivity contribution < 1.29 is 9.53 Å². The largest absolute Gasteiger partial charge is 0.376 e. The van der Waals surface area contributed by atoms with Crippen LogP contribution in [-0.4, -0.2) is 76.7 Å². The summed E-state index contributed by atoms with van der Waals surface area (Å²) in [6, 6.07) is 1.77. The van der Waals surface area contributed by atoms with E-state index >= 15 is 0 Å². The zero-order valence-electron chi connectivity index (χ0n) is 15.0. The molecule has 0 aliphatic carbocycles. The summed E-state index contributed by atoms with van der Waals surface area (Å²) >= 11 is 0. The van der Waals surface area contributed by atoms with Crippen LogP contribution in [0.5, 0.6) is 0 Å². The first-order chi connectivity index (χ1) is 12.0. The Balaban J connectivity index is 1.87. The first-order valence-corrected chi connectivity index (χ1v) is 8.58. The molecule has 0 spiro atoms. The summed E-state index contributed by atoms with van der Waals surface area (Å²) in [5, 5.41) is 2.92. The molecular formula is C17H25N5O3. The number of amides is 1. The molecule has 1 aliphatic rings. The van der Waals surface area contributed by atoms with E-state index in [-0.39, 0.29) is 23.1 Å². The molecule has 136 valence electrons. The zero-order chi connectivity index (χ0) is 18.0. The van der Waals surface area contributed by atoms with Gasteiger partial charge in [0.25, 0.3) is 11.5 Å². The number of carbonyl (C=O) groups is 1. The lowest BCUT2D eigenvalue weighted by Gasteiger charge is -2.26. The number of hydrogen-bond donors (Lipinski definition) is 1. The van der Waals surface area contributed by atoms with Crippen LogP contribution in [0.4, 0.5) is 0 Å². The summed E-state index contributed by atoms with van der Waals surface area (Å²) in [6.07, 6.45) is 3.37. The molecule has 1 N–H and O–H groups in total. The van der Waals surface area contributed by atoms with Gasteiger partial charge in [-0.15, -0.1) is 0 Å². The topological polar surface area (TPSA) is 82.9 Å². The van der Waals surface area contributed by atoms with Crippen LogP contribution in [0.15, 0.2) is 17.1 Å². The first-order valence-electron chi connectivity index (χ1n) is 8.58. The lowest BCUT2D eigenvalue weighted by Crippen LogP contribution is -2.43. The third-order valence-corrected chi connectivity index (χ3v) is 4.41. The minimum Gasteiger partial charge on any atom is -0.376 e. The van der Waals surface area contributed by atoms with Gasteiger partial charge in [-0.2, -0.15) is 0 Å². The van der Waals surface area contributed by atoms with Gasteiger partial charge < -0.3 is 14.5 Å². The Morgan fingerprint density at radius 2 is 2.24 bits per heavy atom. The molecule has 3 heterocycles. The minimum absolute atomic E-state index is 0.0401. The second-order valence-electron chi connectivity index (χ2n) is 6.80. The highest BCUT2D eigenvalue weighted by molar-refractivity contribution is 5.93. The SMILES string of the molecule is Cc1cc2ncc(C(=O)N(CCN(C)C)C[C@@H]3CCCO3)c(=O)n2[nH]1. The Morgan fingerprint density at radius 1 is 1.44 bits per heavy atom. The Bertz CT molecular complexity index is 804.